The average Bonchev–Trinajstić information content (AvgIpc) is 2.95. The molecular weight excluding hydrogens is 466 g/mol. The number of hydrogen-bond acceptors (Lipinski definition) is 6. The third-order valence-corrected chi connectivity index (χ3v) is 6.82. The van der Waals surface area contributed by atoms with Crippen LogP contribution in [0.25, 0.3) is 11.3 Å². The van der Waals surface area contributed by atoms with Gasteiger partial charge in [0.15, 0.2) is 5.82 Å². The van der Waals surface area contributed by atoms with E-state index in [1.54, 1.807) is 12.0 Å². The molecule has 1 fully saturated rings. The molecule has 0 bridgehead atoms. The molecule has 1 aliphatic rings. The summed E-state index contributed by atoms with van der Waals surface area (Å²) in [5.41, 5.74) is 2.79. The molecule has 8 heteroatoms. The Morgan fingerprint density at radius 1 is 0.892 bits per heavy atom. The third kappa shape index (κ3) is 6.25. The van der Waals surface area contributed by atoms with Crippen molar-refractivity contribution in [2.45, 2.75) is 26.8 Å². The minimum atomic E-state index is -0.185. The van der Waals surface area contributed by atoms with E-state index in [9.17, 15) is 9.59 Å². The first-order valence-corrected chi connectivity index (χ1v) is 12.7. The summed E-state index contributed by atoms with van der Waals surface area (Å²) in [7, 11) is 1.64. The van der Waals surface area contributed by atoms with Gasteiger partial charge in [0.1, 0.15) is 12.3 Å². The summed E-state index contributed by atoms with van der Waals surface area (Å²) in [6.45, 7) is 8.27. The molecule has 1 saturated heterocycles. The number of hydrogen-bond donors (Lipinski definition) is 0. The van der Waals surface area contributed by atoms with Crippen molar-refractivity contribution in [1.82, 2.24) is 20.0 Å². The normalized spacial score (nSPS) is 14.4. The molecule has 2 heterocycles. The fourth-order valence-electron chi connectivity index (χ4n) is 4.49. The van der Waals surface area contributed by atoms with Crippen molar-refractivity contribution < 1.29 is 14.3 Å². The number of carbonyl (C=O) groups is 2. The molecule has 1 unspecified atom stereocenters. The van der Waals surface area contributed by atoms with Gasteiger partial charge in [0.25, 0.3) is 0 Å². The van der Waals surface area contributed by atoms with Crippen LogP contribution in [0.5, 0.6) is 5.75 Å². The molecule has 194 valence electrons. The van der Waals surface area contributed by atoms with Gasteiger partial charge in [-0.15, -0.1) is 10.2 Å². The van der Waals surface area contributed by atoms with E-state index in [4.69, 9.17) is 4.74 Å². The van der Waals surface area contributed by atoms with Crippen molar-refractivity contribution in [2.24, 2.45) is 5.92 Å². The highest BCUT2D eigenvalue weighted by Crippen LogP contribution is 2.24. The maximum absolute atomic E-state index is 13.2. The Bertz CT molecular complexity index is 1170. The van der Waals surface area contributed by atoms with Crippen LogP contribution in [0.4, 0.5) is 5.82 Å². The number of nitrogens with zero attached hydrogens (tertiary/aromatic N) is 5. The van der Waals surface area contributed by atoms with Crippen molar-refractivity contribution in [1.29, 1.82) is 0 Å². The molecule has 3 aromatic rings. The highest BCUT2D eigenvalue weighted by atomic mass is 16.5. The van der Waals surface area contributed by atoms with Crippen LogP contribution in [0, 0.1) is 5.92 Å². The molecule has 0 aliphatic carbocycles. The molecule has 2 amide bonds. The fourth-order valence-corrected chi connectivity index (χ4v) is 4.49. The first-order chi connectivity index (χ1) is 17.9. The summed E-state index contributed by atoms with van der Waals surface area (Å²) in [6.07, 6.45) is 0. The van der Waals surface area contributed by atoms with Crippen LogP contribution in [0.15, 0.2) is 66.7 Å². The molecule has 0 spiro atoms. The van der Waals surface area contributed by atoms with Gasteiger partial charge < -0.3 is 19.4 Å². The van der Waals surface area contributed by atoms with E-state index in [-0.39, 0.29) is 30.3 Å². The Morgan fingerprint density at radius 2 is 1.57 bits per heavy atom. The lowest BCUT2D eigenvalue weighted by atomic mass is 10.0. The molecule has 37 heavy (non-hydrogen) atoms. The second-order valence-corrected chi connectivity index (χ2v) is 9.58. The Kier molecular flexibility index (Phi) is 8.38. The Labute approximate surface area is 218 Å². The lowest BCUT2D eigenvalue weighted by Crippen LogP contribution is -2.52. The average molecular weight is 502 g/mol. The molecule has 0 saturated carbocycles. The zero-order valence-corrected chi connectivity index (χ0v) is 22.0. The Balaban J connectivity index is 1.36. The van der Waals surface area contributed by atoms with Crippen LogP contribution in [0.2, 0.25) is 0 Å². The van der Waals surface area contributed by atoms with Gasteiger partial charge in [0.2, 0.25) is 11.8 Å². The summed E-state index contributed by atoms with van der Waals surface area (Å²) in [5.74, 6) is 1.36. The van der Waals surface area contributed by atoms with E-state index in [0.29, 0.717) is 26.2 Å². The molecule has 4 rings (SSSR count). The summed E-state index contributed by atoms with van der Waals surface area (Å²) in [6, 6.07) is 21.3. The van der Waals surface area contributed by atoms with Crippen LogP contribution in [-0.4, -0.2) is 71.6 Å². The molecule has 1 aliphatic heterocycles. The van der Waals surface area contributed by atoms with Crippen molar-refractivity contribution in [3.05, 3.63) is 72.3 Å². The van der Waals surface area contributed by atoms with E-state index in [1.807, 2.05) is 92.4 Å². The molecule has 2 aromatic carbocycles. The van der Waals surface area contributed by atoms with E-state index >= 15 is 0 Å². The summed E-state index contributed by atoms with van der Waals surface area (Å²) < 4.78 is 5.21. The van der Waals surface area contributed by atoms with Crippen molar-refractivity contribution in [3.8, 4) is 17.0 Å². The third-order valence-electron chi connectivity index (χ3n) is 6.82. The van der Waals surface area contributed by atoms with Gasteiger partial charge in [-0.2, -0.15) is 0 Å². The number of anilines is 1. The summed E-state index contributed by atoms with van der Waals surface area (Å²) in [4.78, 5) is 31.9. The lowest BCUT2D eigenvalue weighted by Gasteiger charge is -2.37. The molecule has 8 nitrogen and oxygen atoms in total. The van der Waals surface area contributed by atoms with Crippen LogP contribution in [0.3, 0.4) is 0 Å². The number of carbonyl (C=O) groups excluding carboxylic acids is 2. The first-order valence-electron chi connectivity index (χ1n) is 12.7. The quantitative estimate of drug-likeness (QED) is 0.464. The van der Waals surface area contributed by atoms with Crippen LogP contribution in [-0.2, 0) is 9.59 Å². The van der Waals surface area contributed by atoms with Gasteiger partial charge in [0.05, 0.1) is 18.8 Å². The highest BCUT2D eigenvalue weighted by Gasteiger charge is 2.29. The Morgan fingerprint density at radius 3 is 2.14 bits per heavy atom. The maximum atomic E-state index is 13.2. The van der Waals surface area contributed by atoms with Crippen LogP contribution >= 0.6 is 0 Å². The molecule has 1 aromatic heterocycles. The van der Waals surface area contributed by atoms with E-state index in [0.717, 1.165) is 28.4 Å². The van der Waals surface area contributed by atoms with Crippen LogP contribution in [0.1, 0.15) is 32.4 Å². The lowest BCUT2D eigenvalue weighted by molar-refractivity contribution is -0.144. The number of benzene rings is 2. The second kappa shape index (κ2) is 11.9. The van der Waals surface area contributed by atoms with Crippen molar-refractivity contribution in [2.75, 3.05) is 44.7 Å². The fraction of sp³-hybridized carbons (Fsp3) is 0.379. The zero-order valence-electron chi connectivity index (χ0n) is 22.0. The number of piperazine rings is 1. The van der Waals surface area contributed by atoms with Gasteiger partial charge >= 0.3 is 0 Å². The minimum absolute atomic E-state index is 0.0180. The smallest absolute Gasteiger partial charge is 0.242 e. The van der Waals surface area contributed by atoms with Gasteiger partial charge in [-0.1, -0.05) is 44.2 Å². The summed E-state index contributed by atoms with van der Waals surface area (Å²) in [5, 5.41) is 8.83. The zero-order chi connectivity index (χ0) is 26.4. The number of rotatable bonds is 8. The van der Waals surface area contributed by atoms with E-state index in [2.05, 4.69) is 15.1 Å². The van der Waals surface area contributed by atoms with Crippen molar-refractivity contribution in [3.63, 3.8) is 0 Å². The van der Waals surface area contributed by atoms with Gasteiger partial charge in [0, 0.05) is 37.7 Å². The van der Waals surface area contributed by atoms with Crippen LogP contribution < -0.4 is 9.64 Å². The maximum Gasteiger partial charge on any atom is 0.242 e. The predicted octanol–water partition coefficient (Wildman–Crippen LogP) is 4.05. The molecule has 0 radical (unpaired) electrons. The minimum Gasteiger partial charge on any atom is -0.497 e. The number of aromatic nitrogens is 2. The number of ether oxygens (including phenoxy) is 1. The molecule has 1 atom stereocenters. The van der Waals surface area contributed by atoms with Crippen molar-refractivity contribution >= 4 is 17.6 Å². The number of methoxy groups -OCH3 is 1. The highest BCUT2D eigenvalue weighted by molar-refractivity contribution is 5.86. The van der Waals surface area contributed by atoms with Gasteiger partial charge in [-0.05, 0) is 48.9 Å². The number of amides is 2. The largest absolute Gasteiger partial charge is 0.497 e. The molecular formula is C29H35N5O3. The first kappa shape index (κ1) is 26.1. The second-order valence-electron chi connectivity index (χ2n) is 9.58. The predicted molar refractivity (Wildman–Crippen MR) is 144 cm³/mol. The summed E-state index contributed by atoms with van der Waals surface area (Å²) >= 11 is 0. The van der Waals surface area contributed by atoms with Gasteiger partial charge in [-0.25, -0.2) is 0 Å². The van der Waals surface area contributed by atoms with E-state index in [1.165, 1.54) is 0 Å². The van der Waals surface area contributed by atoms with E-state index < -0.39 is 0 Å². The van der Waals surface area contributed by atoms with Gasteiger partial charge in [-0.3, -0.25) is 9.59 Å². The monoisotopic (exact) mass is 501 g/mol. The molecule has 0 N–H and O–H groups in total. The standard InChI is InChI=1S/C29H35N5O3/c1-21(2)29(36)34(22(3)23-8-6-5-7-9-23)20-28(35)33-18-16-32(17-19-33)27-15-14-26(30-31-27)24-10-12-25(37-4)13-11-24/h5-15,21-22H,16-20H2,1-4H3. The Hall–Kier alpha value is -3.94. The SMILES string of the molecule is COc1ccc(-c2ccc(N3CCN(C(=O)CN(C(=O)C(C)C)C(C)c4ccccc4)CC3)nn2)cc1. The topological polar surface area (TPSA) is 78.9 Å².